The van der Waals surface area contributed by atoms with Gasteiger partial charge in [-0.05, 0) is 61.3 Å². The second-order valence-corrected chi connectivity index (χ2v) is 6.65. The SMILES string of the molecule is CC(C)C(CN)NCC1C2C3CCC(C3)C12. The topological polar surface area (TPSA) is 38.0 Å². The van der Waals surface area contributed by atoms with Gasteiger partial charge in [-0.2, -0.15) is 0 Å². The Hall–Kier alpha value is -0.0800. The van der Waals surface area contributed by atoms with Gasteiger partial charge in [0.25, 0.3) is 0 Å². The lowest BCUT2D eigenvalue weighted by molar-refractivity contribution is 0.369. The molecule has 3 N–H and O–H groups in total. The maximum absolute atomic E-state index is 5.80. The molecule has 2 heteroatoms. The Morgan fingerprint density at radius 1 is 1.19 bits per heavy atom. The van der Waals surface area contributed by atoms with Crippen molar-refractivity contribution in [1.29, 1.82) is 0 Å². The second-order valence-electron chi connectivity index (χ2n) is 6.65. The highest BCUT2D eigenvalue weighted by Gasteiger charge is 2.64. The summed E-state index contributed by atoms with van der Waals surface area (Å²) in [5.41, 5.74) is 5.80. The highest BCUT2D eigenvalue weighted by atomic mass is 15.0. The molecule has 5 unspecified atom stereocenters. The maximum atomic E-state index is 5.80. The van der Waals surface area contributed by atoms with E-state index in [1.165, 1.54) is 19.4 Å². The third-order valence-electron chi connectivity index (χ3n) is 5.57. The van der Waals surface area contributed by atoms with Crippen molar-refractivity contribution in [2.75, 3.05) is 13.1 Å². The van der Waals surface area contributed by atoms with E-state index >= 15 is 0 Å². The van der Waals surface area contributed by atoms with Crippen LogP contribution in [0.15, 0.2) is 0 Å². The van der Waals surface area contributed by atoms with Crippen LogP contribution in [-0.4, -0.2) is 19.1 Å². The van der Waals surface area contributed by atoms with Gasteiger partial charge in [0.1, 0.15) is 0 Å². The first-order valence-corrected chi connectivity index (χ1v) is 7.15. The lowest BCUT2D eigenvalue weighted by atomic mass is 10.0. The average molecular weight is 222 g/mol. The largest absolute Gasteiger partial charge is 0.329 e. The zero-order chi connectivity index (χ0) is 11.3. The Bertz CT molecular complexity index is 247. The monoisotopic (exact) mass is 222 g/mol. The van der Waals surface area contributed by atoms with E-state index in [4.69, 9.17) is 5.73 Å². The highest BCUT2D eigenvalue weighted by Crippen LogP contribution is 2.69. The number of hydrogen-bond acceptors (Lipinski definition) is 2. The lowest BCUT2D eigenvalue weighted by Crippen LogP contribution is -2.41. The molecule has 0 aromatic heterocycles. The van der Waals surface area contributed by atoms with Gasteiger partial charge in [0.15, 0.2) is 0 Å². The smallest absolute Gasteiger partial charge is 0.0213 e. The standard InChI is InChI=1S/C14H26N2/c1-8(2)12(6-15)16-7-11-13-9-3-4-10(5-9)14(11)13/h8-14,16H,3-7,15H2,1-2H3. The molecule has 0 heterocycles. The molecule has 3 aliphatic rings. The molecule has 3 fully saturated rings. The minimum absolute atomic E-state index is 0.527. The van der Waals surface area contributed by atoms with Crippen LogP contribution in [0.2, 0.25) is 0 Å². The van der Waals surface area contributed by atoms with Crippen molar-refractivity contribution in [2.24, 2.45) is 41.2 Å². The van der Waals surface area contributed by atoms with E-state index < -0.39 is 0 Å². The number of nitrogens with two attached hydrogens (primary N) is 1. The first-order valence-electron chi connectivity index (χ1n) is 7.15. The maximum Gasteiger partial charge on any atom is 0.0213 e. The molecule has 3 rings (SSSR count). The Morgan fingerprint density at radius 3 is 2.31 bits per heavy atom. The van der Waals surface area contributed by atoms with Crippen LogP contribution >= 0.6 is 0 Å². The zero-order valence-corrected chi connectivity index (χ0v) is 10.7. The van der Waals surface area contributed by atoms with Gasteiger partial charge in [-0.25, -0.2) is 0 Å². The predicted molar refractivity (Wildman–Crippen MR) is 67.0 cm³/mol. The Balaban J connectivity index is 1.48. The van der Waals surface area contributed by atoms with E-state index in [1.807, 2.05) is 0 Å². The fraction of sp³-hybridized carbons (Fsp3) is 1.00. The molecule has 2 bridgehead atoms. The molecule has 92 valence electrons. The van der Waals surface area contributed by atoms with Crippen LogP contribution in [-0.2, 0) is 0 Å². The minimum Gasteiger partial charge on any atom is -0.329 e. The molecule has 2 nitrogen and oxygen atoms in total. The summed E-state index contributed by atoms with van der Waals surface area (Å²) < 4.78 is 0. The molecule has 0 radical (unpaired) electrons. The van der Waals surface area contributed by atoms with Gasteiger partial charge in [0.2, 0.25) is 0 Å². The zero-order valence-electron chi connectivity index (χ0n) is 10.7. The molecule has 0 saturated heterocycles. The van der Waals surface area contributed by atoms with E-state index in [-0.39, 0.29) is 0 Å². The summed E-state index contributed by atoms with van der Waals surface area (Å²) in [5, 5.41) is 3.70. The van der Waals surface area contributed by atoms with Gasteiger partial charge in [0.05, 0.1) is 0 Å². The number of nitrogens with one attached hydrogen (secondary N) is 1. The molecule has 3 aliphatic carbocycles. The minimum atomic E-state index is 0.527. The first-order chi connectivity index (χ1) is 7.72. The van der Waals surface area contributed by atoms with Gasteiger partial charge < -0.3 is 11.1 Å². The van der Waals surface area contributed by atoms with Crippen LogP contribution < -0.4 is 11.1 Å². The average Bonchev–Trinajstić information content (AvgIpc) is 2.68. The van der Waals surface area contributed by atoms with Crippen LogP contribution in [0.4, 0.5) is 0 Å². The Morgan fingerprint density at radius 2 is 1.81 bits per heavy atom. The van der Waals surface area contributed by atoms with Crippen molar-refractivity contribution in [1.82, 2.24) is 5.32 Å². The third-order valence-corrected chi connectivity index (χ3v) is 5.57. The van der Waals surface area contributed by atoms with E-state index in [1.54, 1.807) is 6.42 Å². The molecule has 0 aromatic rings. The Kier molecular flexibility index (Phi) is 2.75. The van der Waals surface area contributed by atoms with Crippen LogP contribution in [0.3, 0.4) is 0 Å². The molecular formula is C14H26N2. The summed E-state index contributed by atoms with van der Waals surface area (Å²) in [5.74, 6) is 6.11. The van der Waals surface area contributed by atoms with E-state index in [0.29, 0.717) is 12.0 Å². The number of hydrogen-bond donors (Lipinski definition) is 2. The Labute approximate surface area is 99.4 Å². The van der Waals surface area contributed by atoms with Gasteiger partial charge >= 0.3 is 0 Å². The summed E-state index contributed by atoms with van der Waals surface area (Å²) in [6.07, 6.45) is 4.63. The first kappa shape index (κ1) is 11.0. The number of rotatable bonds is 5. The van der Waals surface area contributed by atoms with Gasteiger partial charge in [0, 0.05) is 12.6 Å². The van der Waals surface area contributed by atoms with Crippen LogP contribution in [0.25, 0.3) is 0 Å². The van der Waals surface area contributed by atoms with E-state index in [0.717, 1.165) is 36.1 Å². The van der Waals surface area contributed by atoms with Crippen LogP contribution in [0.5, 0.6) is 0 Å². The van der Waals surface area contributed by atoms with Gasteiger partial charge in [-0.15, -0.1) is 0 Å². The molecule has 0 aliphatic heterocycles. The van der Waals surface area contributed by atoms with Crippen LogP contribution in [0.1, 0.15) is 33.1 Å². The third kappa shape index (κ3) is 1.62. The molecule has 0 aromatic carbocycles. The van der Waals surface area contributed by atoms with Crippen molar-refractivity contribution in [3.63, 3.8) is 0 Å². The van der Waals surface area contributed by atoms with Crippen molar-refractivity contribution in [3.8, 4) is 0 Å². The highest BCUT2D eigenvalue weighted by molar-refractivity contribution is 5.13. The summed E-state index contributed by atoms with van der Waals surface area (Å²) >= 11 is 0. The van der Waals surface area contributed by atoms with Crippen molar-refractivity contribution in [2.45, 2.75) is 39.2 Å². The van der Waals surface area contributed by atoms with Crippen molar-refractivity contribution < 1.29 is 0 Å². The summed E-state index contributed by atoms with van der Waals surface area (Å²) in [7, 11) is 0. The van der Waals surface area contributed by atoms with E-state index in [9.17, 15) is 0 Å². The van der Waals surface area contributed by atoms with E-state index in [2.05, 4.69) is 19.2 Å². The van der Waals surface area contributed by atoms with Gasteiger partial charge in [-0.3, -0.25) is 0 Å². The second kappa shape index (κ2) is 3.99. The molecule has 16 heavy (non-hydrogen) atoms. The summed E-state index contributed by atoms with van der Waals surface area (Å²) in [4.78, 5) is 0. The summed E-state index contributed by atoms with van der Waals surface area (Å²) in [6, 6.07) is 0.527. The lowest BCUT2D eigenvalue weighted by Gasteiger charge is -2.21. The molecule has 0 amide bonds. The number of fused-ring (bicyclic) bond motifs is 5. The molecule has 0 spiro atoms. The quantitative estimate of drug-likeness (QED) is 0.745. The molecular weight excluding hydrogens is 196 g/mol. The van der Waals surface area contributed by atoms with Crippen LogP contribution in [0, 0.1) is 35.5 Å². The summed E-state index contributed by atoms with van der Waals surface area (Å²) in [6.45, 7) is 6.55. The van der Waals surface area contributed by atoms with Crippen molar-refractivity contribution in [3.05, 3.63) is 0 Å². The van der Waals surface area contributed by atoms with Gasteiger partial charge in [-0.1, -0.05) is 13.8 Å². The molecule has 5 atom stereocenters. The fourth-order valence-corrected chi connectivity index (χ4v) is 4.66. The van der Waals surface area contributed by atoms with Crippen molar-refractivity contribution >= 4 is 0 Å². The molecule has 3 saturated carbocycles. The normalized spacial score (nSPS) is 46.1. The predicted octanol–water partition coefficient (Wildman–Crippen LogP) is 1.85. The fourth-order valence-electron chi connectivity index (χ4n) is 4.66.